The molecule has 3 nitrogen and oxygen atoms in total. The van der Waals surface area contributed by atoms with Crippen LogP contribution in [0.5, 0.6) is 0 Å². The molecule has 16 heavy (non-hydrogen) atoms. The number of benzene rings is 2. The van der Waals surface area contributed by atoms with Crippen LogP contribution in [0.1, 0.15) is 5.56 Å². The van der Waals surface area contributed by atoms with Crippen LogP contribution in [-0.4, -0.2) is 13.0 Å². The van der Waals surface area contributed by atoms with Crippen molar-refractivity contribution >= 4 is 20.9 Å². The fraction of sp³-hybridized carbons (Fsp3) is 0.0909. The van der Waals surface area contributed by atoms with E-state index < -0.39 is 10.1 Å². The zero-order chi connectivity index (χ0) is 11.1. The quantitative estimate of drug-likeness (QED) is 0.480. The molecule has 0 aliphatic heterocycles. The molecule has 2 aromatic carbocycles. The van der Waals surface area contributed by atoms with Crippen molar-refractivity contribution in [2.45, 2.75) is 11.8 Å². The first-order chi connectivity index (χ1) is 6.98. The predicted molar refractivity (Wildman–Crippen MR) is 56.6 cm³/mol. The monoisotopic (exact) mass is 244 g/mol. The van der Waals surface area contributed by atoms with E-state index in [0.29, 0.717) is 5.39 Å². The molecule has 0 heterocycles. The summed E-state index contributed by atoms with van der Waals surface area (Å²) in [5, 5.41) is 1.25. The fourth-order valence-corrected chi connectivity index (χ4v) is 2.29. The summed E-state index contributed by atoms with van der Waals surface area (Å²) in [6, 6.07) is 10.0. The molecule has 0 saturated carbocycles. The summed E-state index contributed by atoms with van der Waals surface area (Å²) in [4.78, 5) is -0.153. The van der Waals surface area contributed by atoms with Crippen molar-refractivity contribution in [3.63, 3.8) is 0 Å². The van der Waals surface area contributed by atoms with Crippen molar-refractivity contribution in [1.82, 2.24) is 0 Å². The zero-order valence-electron chi connectivity index (χ0n) is 9.10. The van der Waals surface area contributed by atoms with E-state index in [9.17, 15) is 13.0 Å². The third-order valence-corrected chi connectivity index (χ3v) is 3.16. The van der Waals surface area contributed by atoms with Crippen LogP contribution >= 0.6 is 0 Å². The Labute approximate surface area is 117 Å². The first-order valence-corrected chi connectivity index (χ1v) is 5.84. The molecule has 2 aromatic rings. The molecule has 0 amide bonds. The molecule has 5 heteroatoms. The Morgan fingerprint density at radius 3 is 2.44 bits per heavy atom. The average molecular weight is 244 g/mol. The van der Waals surface area contributed by atoms with Crippen LogP contribution in [0.4, 0.5) is 0 Å². The van der Waals surface area contributed by atoms with Crippen molar-refractivity contribution in [3.05, 3.63) is 42.0 Å². The minimum absolute atomic E-state index is 0. The van der Waals surface area contributed by atoms with Gasteiger partial charge < -0.3 is 4.55 Å². The minimum Gasteiger partial charge on any atom is -0.744 e. The van der Waals surface area contributed by atoms with Gasteiger partial charge in [-0.15, -0.1) is 0 Å². The molecule has 0 N–H and O–H groups in total. The van der Waals surface area contributed by atoms with Crippen LogP contribution in [0.15, 0.2) is 41.3 Å². The smallest absolute Gasteiger partial charge is 0.744 e. The molecule has 78 valence electrons. The Bertz CT molecular complexity index is 620. The summed E-state index contributed by atoms with van der Waals surface area (Å²) in [5.41, 5.74) is 1.03. The van der Waals surface area contributed by atoms with E-state index in [1.54, 1.807) is 24.3 Å². The maximum Gasteiger partial charge on any atom is 1.00 e. The molecule has 0 aliphatic carbocycles. The molecule has 0 fully saturated rings. The standard InChI is InChI=1S/C11H10O3S.Na/c1-8-5-6-10-9(7-8)3-2-4-11(10)15(12,13)14;/h2-7H,1H3,(H,12,13,14);/q;+1/p-1. The van der Waals surface area contributed by atoms with Crippen molar-refractivity contribution in [2.24, 2.45) is 0 Å². The largest absolute Gasteiger partial charge is 1.00 e. The summed E-state index contributed by atoms with van der Waals surface area (Å²) < 4.78 is 32.9. The number of aryl methyl sites for hydroxylation is 1. The third-order valence-electron chi connectivity index (χ3n) is 2.27. The molecule has 0 aliphatic rings. The second kappa shape index (κ2) is 4.85. The van der Waals surface area contributed by atoms with E-state index in [4.69, 9.17) is 0 Å². The van der Waals surface area contributed by atoms with Crippen LogP contribution < -0.4 is 29.6 Å². The van der Waals surface area contributed by atoms with Gasteiger partial charge in [0.15, 0.2) is 0 Å². The molecule has 0 radical (unpaired) electrons. The Balaban J connectivity index is 0.00000128. The zero-order valence-corrected chi connectivity index (χ0v) is 11.9. The Morgan fingerprint density at radius 2 is 1.81 bits per heavy atom. The van der Waals surface area contributed by atoms with Crippen LogP contribution in [-0.2, 0) is 10.1 Å². The van der Waals surface area contributed by atoms with E-state index in [1.807, 2.05) is 13.0 Å². The molecular formula is C11H9NaO3S. The Hall–Kier alpha value is -0.390. The SMILES string of the molecule is Cc1ccc2c(S(=O)(=O)[O-])cccc2c1.[Na+]. The Kier molecular flexibility index (Phi) is 4.15. The Morgan fingerprint density at radius 1 is 1.12 bits per heavy atom. The number of hydrogen-bond acceptors (Lipinski definition) is 3. The second-order valence-corrected chi connectivity index (χ2v) is 4.78. The van der Waals surface area contributed by atoms with Gasteiger partial charge >= 0.3 is 29.6 Å². The summed E-state index contributed by atoms with van der Waals surface area (Å²) in [7, 11) is -4.39. The normalized spacial score (nSPS) is 11.1. The molecule has 0 aromatic heterocycles. The molecule has 2 rings (SSSR count). The van der Waals surface area contributed by atoms with Crippen molar-refractivity contribution in [3.8, 4) is 0 Å². The van der Waals surface area contributed by atoms with Crippen LogP contribution in [0.2, 0.25) is 0 Å². The van der Waals surface area contributed by atoms with Gasteiger partial charge in [-0.2, -0.15) is 0 Å². The van der Waals surface area contributed by atoms with Crippen LogP contribution in [0.25, 0.3) is 10.8 Å². The molecule has 0 bridgehead atoms. The summed E-state index contributed by atoms with van der Waals surface area (Å²) >= 11 is 0. The first kappa shape index (κ1) is 13.7. The maximum absolute atomic E-state index is 11.0. The van der Waals surface area contributed by atoms with Crippen LogP contribution in [0, 0.1) is 6.92 Å². The average Bonchev–Trinajstić information content (AvgIpc) is 2.15. The topological polar surface area (TPSA) is 57.2 Å². The summed E-state index contributed by atoms with van der Waals surface area (Å²) in [5.74, 6) is 0. The third kappa shape index (κ3) is 2.64. The van der Waals surface area contributed by atoms with E-state index in [1.165, 1.54) is 6.07 Å². The summed E-state index contributed by atoms with van der Waals surface area (Å²) in [6.45, 7) is 1.91. The molecule has 0 unspecified atom stereocenters. The van der Waals surface area contributed by atoms with Gasteiger partial charge in [-0.1, -0.05) is 35.9 Å². The second-order valence-electron chi connectivity index (χ2n) is 3.43. The van der Waals surface area contributed by atoms with Gasteiger partial charge in [-0.25, -0.2) is 8.42 Å². The van der Waals surface area contributed by atoms with E-state index >= 15 is 0 Å². The van der Waals surface area contributed by atoms with Gasteiger partial charge in [-0.05, 0) is 23.8 Å². The van der Waals surface area contributed by atoms with Gasteiger partial charge in [-0.3, -0.25) is 0 Å². The van der Waals surface area contributed by atoms with Crippen molar-refractivity contribution in [2.75, 3.05) is 0 Å². The molecule has 0 atom stereocenters. The van der Waals surface area contributed by atoms with Gasteiger partial charge in [0.25, 0.3) is 0 Å². The first-order valence-electron chi connectivity index (χ1n) is 4.44. The van der Waals surface area contributed by atoms with E-state index in [-0.39, 0.29) is 34.5 Å². The number of fused-ring (bicyclic) bond motifs is 1. The van der Waals surface area contributed by atoms with E-state index in [0.717, 1.165) is 10.9 Å². The predicted octanol–water partition coefficient (Wildman–Crippen LogP) is -0.944. The van der Waals surface area contributed by atoms with Gasteiger partial charge in [0.05, 0.1) is 4.90 Å². The molecule has 0 saturated heterocycles. The molecular weight excluding hydrogens is 235 g/mol. The fourth-order valence-electron chi connectivity index (χ4n) is 1.59. The van der Waals surface area contributed by atoms with E-state index in [2.05, 4.69) is 0 Å². The number of rotatable bonds is 1. The van der Waals surface area contributed by atoms with Crippen molar-refractivity contribution in [1.29, 1.82) is 0 Å². The maximum atomic E-state index is 11.0. The van der Waals surface area contributed by atoms with Gasteiger partial charge in [0, 0.05) is 0 Å². The van der Waals surface area contributed by atoms with Gasteiger partial charge in [0.2, 0.25) is 0 Å². The summed E-state index contributed by atoms with van der Waals surface area (Å²) in [6.07, 6.45) is 0. The van der Waals surface area contributed by atoms with Crippen molar-refractivity contribution < 1.29 is 42.5 Å². The molecule has 0 spiro atoms. The van der Waals surface area contributed by atoms with Gasteiger partial charge in [0.1, 0.15) is 10.1 Å². The minimum atomic E-state index is -4.39. The van der Waals surface area contributed by atoms with Crippen LogP contribution in [0.3, 0.4) is 0 Å². The number of hydrogen-bond donors (Lipinski definition) is 0.